The van der Waals surface area contributed by atoms with Crippen LogP contribution < -0.4 is 0 Å². The van der Waals surface area contributed by atoms with Crippen molar-refractivity contribution in [3.8, 4) is 5.75 Å². The first-order chi connectivity index (χ1) is 3.80. The maximum atomic E-state index is 8.75. The van der Waals surface area contributed by atoms with E-state index in [1.807, 2.05) is 0 Å². The Morgan fingerprint density at radius 2 is 2.50 bits per heavy atom. The van der Waals surface area contributed by atoms with Crippen LogP contribution in [0.4, 0.5) is 0 Å². The summed E-state index contributed by atoms with van der Waals surface area (Å²) in [5, 5.41) is 8.75. The summed E-state index contributed by atoms with van der Waals surface area (Å²) in [4.78, 5) is 3.54. The zero-order valence-electron chi connectivity index (χ0n) is 3.93. The molecule has 3 heteroatoms. The van der Waals surface area contributed by atoms with E-state index in [4.69, 9.17) is 5.11 Å². The molecule has 0 saturated carbocycles. The van der Waals surface area contributed by atoms with E-state index in [1.165, 1.54) is 0 Å². The van der Waals surface area contributed by atoms with Crippen molar-refractivity contribution in [1.29, 1.82) is 0 Å². The highest BCUT2D eigenvalue weighted by atomic mass is 79.9. The predicted octanol–water partition coefficient (Wildman–Crippen LogP) is 1.35. The molecule has 1 heterocycles. The molecule has 0 saturated heterocycles. The third-order valence-corrected chi connectivity index (χ3v) is 1.33. The largest absolute Gasteiger partial charge is 0.504 e. The van der Waals surface area contributed by atoms with Gasteiger partial charge in [-0.1, -0.05) is 0 Å². The van der Waals surface area contributed by atoms with E-state index in [0.717, 1.165) is 0 Å². The summed E-state index contributed by atoms with van der Waals surface area (Å²) in [6, 6.07) is 1.64. The Kier molecular flexibility index (Phi) is 1.48. The fraction of sp³-hybridized carbons (Fsp3) is 0. The molecule has 1 aromatic rings. The van der Waals surface area contributed by atoms with Crippen LogP contribution in [-0.2, 0) is 0 Å². The first-order valence-corrected chi connectivity index (χ1v) is 2.81. The van der Waals surface area contributed by atoms with E-state index >= 15 is 0 Å². The van der Waals surface area contributed by atoms with Gasteiger partial charge in [-0.3, -0.25) is 4.98 Å². The van der Waals surface area contributed by atoms with Gasteiger partial charge < -0.3 is 5.11 Å². The van der Waals surface area contributed by atoms with Gasteiger partial charge in [-0.15, -0.1) is 0 Å². The number of hydrogen-bond acceptors (Lipinski definition) is 2. The van der Waals surface area contributed by atoms with Crippen LogP contribution in [0.3, 0.4) is 0 Å². The van der Waals surface area contributed by atoms with E-state index < -0.39 is 0 Å². The van der Waals surface area contributed by atoms with Crippen molar-refractivity contribution in [2.24, 2.45) is 0 Å². The fourth-order valence-corrected chi connectivity index (χ4v) is 0.540. The zero-order valence-corrected chi connectivity index (χ0v) is 5.51. The lowest BCUT2D eigenvalue weighted by Gasteiger charge is -1.88. The van der Waals surface area contributed by atoms with Crippen molar-refractivity contribution in [3.63, 3.8) is 0 Å². The SMILES string of the molecule is Oc1[c]nccc1Br. The molecule has 1 N–H and O–H groups in total. The molecule has 1 aromatic heterocycles. The number of aromatic nitrogens is 1. The Morgan fingerprint density at radius 1 is 1.75 bits per heavy atom. The molecular formula is C5H3BrNO. The monoisotopic (exact) mass is 172 g/mol. The van der Waals surface area contributed by atoms with Gasteiger partial charge in [0.15, 0.2) is 5.75 Å². The molecule has 0 atom stereocenters. The first-order valence-electron chi connectivity index (χ1n) is 2.02. The van der Waals surface area contributed by atoms with E-state index in [-0.39, 0.29) is 5.75 Å². The van der Waals surface area contributed by atoms with Crippen molar-refractivity contribution >= 4 is 15.9 Å². The molecule has 8 heavy (non-hydrogen) atoms. The third kappa shape index (κ3) is 0.980. The summed E-state index contributed by atoms with van der Waals surface area (Å²) in [5.74, 6) is 0.0486. The van der Waals surface area contributed by atoms with Gasteiger partial charge in [0.05, 0.1) is 4.47 Å². The number of hydrogen-bond donors (Lipinski definition) is 1. The van der Waals surface area contributed by atoms with Crippen LogP contribution in [0.2, 0.25) is 0 Å². The topological polar surface area (TPSA) is 33.1 Å². The van der Waals surface area contributed by atoms with Crippen LogP contribution in [0.15, 0.2) is 16.7 Å². The van der Waals surface area contributed by atoms with E-state index in [0.29, 0.717) is 4.47 Å². The van der Waals surface area contributed by atoms with E-state index in [2.05, 4.69) is 27.1 Å². The average Bonchev–Trinajstić information content (AvgIpc) is 1.77. The highest BCUT2D eigenvalue weighted by Gasteiger charge is 1.91. The highest BCUT2D eigenvalue weighted by molar-refractivity contribution is 9.10. The van der Waals surface area contributed by atoms with Gasteiger partial charge in [0.25, 0.3) is 0 Å². The van der Waals surface area contributed by atoms with Crippen LogP contribution in [-0.4, -0.2) is 10.1 Å². The molecule has 0 fully saturated rings. The number of nitrogens with zero attached hydrogens (tertiary/aromatic N) is 1. The summed E-state index contributed by atoms with van der Waals surface area (Å²) in [7, 11) is 0. The molecule has 2 nitrogen and oxygen atoms in total. The van der Waals surface area contributed by atoms with Gasteiger partial charge >= 0.3 is 0 Å². The van der Waals surface area contributed by atoms with Crippen LogP contribution in [0.25, 0.3) is 0 Å². The molecule has 0 aliphatic carbocycles. The summed E-state index contributed by atoms with van der Waals surface area (Å²) >= 11 is 3.07. The molecule has 0 amide bonds. The van der Waals surface area contributed by atoms with E-state index in [1.54, 1.807) is 12.3 Å². The number of halogens is 1. The van der Waals surface area contributed by atoms with Crippen LogP contribution in [0.5, 0.6) is 5.75 Å². The third-order valence-electron chi connectivity index (χ3n) is 0.692. The smallest absolute Gasteiger partial charge is 0.157 e. The number of aromatic hydroxyl groups is 1. The van der Waals surface area contributed by atoms with Crippen molar-refractivity contribution in [2.45, 2.75) is 0 Å². The second kappa shape index (κ2) is 2.13. The maximum Gasteiger partial charge on any atom is 0.157 e. The Hall–Kier alpha value is -0.570. The maximum absolute atomic E-state index is 8.75. The van der Waals surface area contributed by atoms with Crippen LogP contribution in [0, 0.1) is 6.20 Å². The van der Waals surface area contributed by atoms with Gasteiger partial charge in [0, 0.05) is 6.20 Å². The fourth-order valence-electron chi connectivity index (χ4n) is 0.333. The normalized spacial score (nSPS) is 9.12. The highest BCUT2D eigenvalue weighted by Crippen LogP contribution is 2.19. The molecule has 1 radical (unpaired) electrons. The standard InChI is InChI=1S/C5H3BrNO/c6-4-1-2-7-3-5(4)8/h1-2,8H. The molecule has 1 rings (SSSR count). The molecule has 0 aliphatic rings. The molecule has 0 spiro atoms. The number of rotatable bonds is 0. The minimum absolute atomic E-state index is 0.0486. The minimum atomic E-state index is 0.0486. The lowest BCUT2D eigenvalue weighted by atomic mass is 10.5. The lowest BCUT2D eigenvalue weighted by molar-refractivity contribution is 0.468. The van der Waals surface area contributed by atoms with Gasteiger partial charge in [-0.05, 0) is 22.0 Å². The second-order valence-corrected chi connectivity index (χ2v) is 2.11. The Balaban J connectivity index is 3.13. The van der Waals surface area contributed by atoms with Crippen molar-refractivity contribution < 1.29 is 5.11 Å². The van der Waals surface area contributed by atoms with Gasteiger partial charge in [-0.2, -0.15) is 0 Å². The molecule has 0 aliphatic heterocycles. The Labute approximate surface area is 55.3 Å². The van der Waals surface area contributed by atoms with Gasteiger partial charge in [0.2, 0.25) is 0 Å². The van der Waals surface area contributed by atoms with Crippen LogP contribution in [0.1, 0.15) is 0 Å². The summed E-state index contributed by atoms with van der Waals surface area (Å²) in [6.07, 6.45) is 3.90. The molecular weight excluding hydrogens is 170 g/mol. The van der Waals surface area contributed by atoms with Gasteiger partial charge in [-0.25, -0.2) is 0 Å². The van der Waals surface area contributed by atoms with E-state index in [9.17, 15) is 0 Å². The number of pyridine rings is 1. The first kappa shape index (κ1) is 5.56. The van der Waals surface area contributed by atoms with Crippen molar-refractivity contribution in [2.75, 3.05) is 0 Å². The molecule has 41 valence electrons. The van der Waals surface area contributed by atoms with Crippen LogP contribution >= 0.6 is 15.9 Å². The lowest BCUT2D eigenvalue weighted by Crippen LogP contribution is -1.70. The second-order valence-electron chi connectivity index (χ2n) is 1.25. The van der Waals surface area contributed by atoms with Gasteiger partial charge in [0.1, 0.15) is 6.20 Å². The molecule has 0 aromatic carbocycles. The Bertz CT molecular complexity index is 169. The average molecular weight is 173 g/mol. The zero-order chi connectivity index (χ0) is 5.98. The Morgan fingerprint density at radius 3 is 2.88 bits per heavy atom. The predicted molar refractivity (Wildman–Crippen MR) is 32.4 cm³/mol. The summed E-state index contributed by atoms with van der Waals surface area (Å²) in [5.41, 5.74) is 0. The summed E-state index contributed by atoms with van der Waals surface area (Å²) < 4.78 is 0.618. The quantitative estimate of drug-likeness (QED) is 0.642. The summed E-state index contributed by atoms with van der Waals surface area (Å²) in [6.45, 7) is 0. The van der Waals surface area contributed by atoms with Crippen molar-refractivity contribution in [1.82, 2.24) is 4.98 Å². The molecule has 0 bridgehead atoms. The minimum Gasteiger partial charge on any atom is -0.504 e. The molecule has 0 unspecified atom stereocenters. The van der Waals surface area contributed by atoms with Crippen molar-refractivity contribution in [3.05, 3.63) is 22.9 Å².